The summed E-state index contributed by atoms with van der Waals surface area (Å²) in [6.07, 6.45) is 2.29. The number of carbonyl (C=O) groups excluding carboxylic acids is 2. The van der Waals surface area contributed by atoms with E-state index in [0.29, 0.717) is 18.3 Å². The van der Waals surface area contributed by atoms with E-state index in [2.05, 4.69) is 9.97 Å². The monoisotopic (exact) mass is 510 g/mol. The fraction of sp³-hybridized carbons (Fsp3) is 0.286. The predicted octanol–water partition coefficient (Wildman–Crippen LogP) is 0.781. The van der Waals surface area contributed by atoms with Crippen molar-refractivity contribution < 1.29 is 18.7 Å². The highest BCUT2D eigenvalue weighted by Crippen LogP contribution is 2.58. The van der Waals surface area contributed by atoms with Crippen LogP contribution in [-0.4, -0.2) is 86.4 Å². The second kappa shape index (κ2) is 7.03. The van der Waals surface area contributed by atoms with Gasteiger partial charge in [0.1, 0.15) is 0 Å². The number of benzene rings is 2. The highest BCUT2D eigenvalue weighted by molar-refractivity contribution is 6.09. The number of rotatable bonds is 1. The number of fused-ring (bicyclic) bond motifs is 5. The van der Waals surface area contributed by atoms with Crippen LogP contribution in [0.15, 0.2) is 54.7 Å². The summed E-state index contributed by atoms with van der Waals surface area (Å²) in [5.41, 5.74) is 15.0. The van der Waals surface area contributed by atoms with Gasteiger partial charge in [0.15, 0.2) is 5.54 Å². The average Bonchev–Trinajstić information content (AvgIpc) is 3.61. The van der Waals surface area contributed by atoms with Crippen LogP contribution in [0.3, 0.4) is 0 Å². The minimum atomic E-state index is -1.34. The molecule has 2 amide bonds. The van der Waals surface area contributed by atoms with Crippen LogP contribution in [0.4, 0.5) is 0 Å². The number of para-hydroxylation sites is 2. The molecule has 6 N–H and O–H groups in total. The number of amides is 2. The fourth-order valence-corrected chi connectivity index (χ4v) is 7.36. The number of aromatic amines is 2. The zero-order chi connectivity index (χ0) is 26.7. The third-order valence-corrected chi connectivity index (χ3v) is 9.28. The molecule has 0 bridgehead atoms. The molecule has 2 spiro atoms. The Bertz CT molecular complexity index is 1790. The lowest BCUT2D eigenvalue weighted by Gasteiger charge is -2.46. The van der Waals surface area contributed by atoms with Gasteiger partial charge in [-0.25, -0.2) is 14.4 Å². The molecule has 0 saturated carbocycles. The molecule has 4 aromatic rings. The molecule has 0 radical (unpaired) electrons. The number of guanidine groups is 2. The maximum Gasteiger partial charge on any atom is 0.354 e. The van der Waals surface area contributed by atoms with Crippen LogP contribution in [0.5, 0.6) is 0 Å². The van der Waals surface area contributed by atoms with Crippen LogP contribution in [-0.2, 0) is 21.5 Å². The number of nitrogens with zero attached hydrogens (tertiary/aromatic N) is 4. The summed E-state index contributed by atoms with van der Waals surface area (Å²) >= 11 is 0. The molecule has 38 heavy (non-hydrogen) atoms. The Balaban J connectivity index is 1.71. The van der Waals surface area contributed by atoms with Crippen LogP contribution < -0.4 is 11.5 Å². The molecular weight excluding hydrogens is 480 g/mol. The van der Waals surface area contributed by atoms with E-state index in [1.807, 2.05) is 78.0 Å². The molecule has 7 rings (SSSR count). The van der Waals surface area contributed by atoms with Gasteiger partial charge in [0, 0.05) is 34.4 Å². The van der Waals surface area contributed by atoms with Crippen LogP contribution in [0, 0.1) is 0 Å². The van der Waals surface area contributed by atoms with E-state index in [0.717, 1.165) is 38.6 Å². The molecule has 2 aromatic heterocycles. The largest absolute Gasteiger partial charge is 0.361 e. The molecule has 2 aromatic carbocycles. The van der Waals surface area contributed by atoms with Gasteiger partial charge >= 0.3 is 23.7 Å². The van der Waals surface area contributed by atoms with E-state index in [-0.39, 0.29) is 11.8 Å². The Morgan fingerprint density at radius 3 is 2.11 bits per heavy atom. The van der Waals surface area contributed by atoms with E-state index < -0.39 is 17.0 Å². The van der Waals surface area contributed by atoms with Gasteiger partial charge in [-0.15, -0.1) is 0 Å². The normalized spacial score (nSPS) is 27.3. The van der Waals surface area contributed by atoms with Gasteiger partial charge in [-0.2, -0.15) is 0 Å². The fourth-order valence-electron chi connectivity index (χ4n) is 7.36. The molecule has 3 atom stereocenters. The quantitative estimate of drug-likeness (QED) is 0.282. The molecular formula is C28H30N8O2+2. The van der Waals surface area contributed by atoms with Gasteiger partial charge in [-0.05, 0) is 23.3 Å². The van der Waals surface area contributed by atoms with E-state index >= 15 is 0 Å². The van der Waals surface area contributed by atoms with Crippen molar-refractivity contribution in [1.29, 1.82) is 0 Å². The van der Waals surface area contributed by atoms with E-state index in [4.69, 9.17) is 11.5 Å². The van der Waals surface area contributed by atoms with Crippen molar-refractivity contribution in [1.82, 2.24) is 19.8 Å². The number of hydrogen-bond acceptors (Lipinski definition) is 4. The van der Waals surface area contributed by atoms with Crippen molar-refractivity contribution in [3.8, 4) is 0 Å². The molecule has 3 aliphatic rings. The Morgan fingerprint density at radius 2 is 1.47 bits per heavy atom. The Kier molecular flexibility index (Phi) is 4.18. The van der Waals surface area contributed by atoms with Crippen molar-refractivity contribution >= 4 is 45.5 Å². The smallest absolute Gasteiger partial charge is 0.354 e. The summed E-state index contributed by atoms with van der Waals surface area (Å²) in [4.78, 5) is 39.2. The van der Waals surface area contributed by atoms with E-state index in [1.54, 1.807) is 14.1 Å². The zero-order valence-corrected chi connectivity index (χ0v) is 21.7. The number of aromatic nitrogens is 2. The highest BCUT2D eigenvalue weighted by atomic mass is 16.2. The lowest BCUT2D eigenvalue weighted by atomic mass is 9.58. The molecule has 4 heterocycles. The number of hydrogen-bond donors (Lipinski definition) is 4. The van der Waals surface area contributed by atoms with Crippen molar-refractivity contribution in [3.05, 3.63) is 71.5 Å². The first-order chi connectivity index (χ1) is 18.2. The lowest BCUT2D eigenvalue weighted by molar-refractivity contribution is -0.618. The number of likely N-dealkylation sites (N-methyl/N-ethyl adjacent to an activating group) is 4. The maximum absolute atomic E-state index is 14.7. The lowest BCUT2D eigenvalue weighted by Crippen LogP contribution is -2.66. The van der Waals surface area contributed by atoms with Crippen molar-refractivity contribution in [2.45, 2.75) is 23.4 Å². The molecule has 0 fully saturated rings. The minimum Gasteiger partial charge on any atom is -0.361 e. The minimum absolute atomic E-state index is 0.155. The Labute approximate surface area is 218 Å². The molecule has 0 saturated heterocycles. The van der Waals surface area contributed by atoms with Gasteiger partial charge in [-0.3, -0.25) is 25.6 Å². The van der Waals surface area contributed by atoms with E-state index in [1.165, 1.54) is 9.80 Å². The van der Waals surface area contributed by atoms with Crippen LogP contribution in [0.25, 0.3) is 21.8 Å². The highest BCUT2D eigenvalue weighted by Gasteiger charge is 2.76. The topological polar surface area (TPSA) is 130 Å². The summed E-state index contributed by atoms with van der Waals surface area (Å²) in [5.74, 6) is -0.364. The first-order valence-electron chi connectivity index (χ1n) is 12.6. The SMILES string of the molecule is CN1C(=O)[C@@]2(c3[nH]c4ccccc4c3C[C@@]3(C(=O)N(C)C(N)=[N+]3C)[C@H]2c2c[nH]c3ccccc23)[N+](C)=C1N. The average molecular weight is 511 g/mol. The summed E-state index contributed by atoms with van der Waals surface area (Å²) < 4.78 is 3.70. The summed E-state index contributed by atoms with van der Waals surface area (Å²) in [6, 6.07) is 15.9. The number of nitrogens with two attached hydrogens (primary N) is 2. The number of nitrogens with one attached hydrogen (secondary N) is 2. The van der Waals surface area contributed by atoms with Gasteiger partial charge < -0.3 is 9.97 Å². The second-order valence-electron chi connectivity index (χ2n) is 10.7. The molecule has 10 heteroatoms. The Hall–Kier alpha value is -4.60. The summed E-state index contributed by atoms with van der Waals surface area (Å²) in [5, 5.41) is 1.92. The van der Waals surface area contributed by atoms with Gasteiger partial charge in [-0.1, -0.05) is 36.4 Å². The first-order valence-corrected chi connectivity index (χ1v) is 12.6. The maximum atomic E-state index is 14.7. The van der Waals surface area contributed by atoms with Crippen molar-refractivity contribution in [2.24, 2.45) is 11.5 Å². The second-order valence-corrected chi connectivity index (χ2v) is 10.7. The predicted molar refractivity (Wildman–Crippen MR) is 144 cm³/mol. The zero-order valence-electron chi connectivity index (χ0n) is 21.7. The third-order valence-electron chi connectivity index (χ3n) is 9.28. The van der Waals surface area contributed by atoms with Gasteiger partial charge in [0.05, 0.1) is 39.8 Å². The van der Waals surface area contributed by atoms with Crippen LogP contribution in [0.2, 0.25) is 0 Å². The standard InChI is InChI=1S/C28H28N8O2/c1-33-23(37)27(35(3)25(33)29)13-17-15-9-6-8-12-20(15)32-22(17)28(24(38)34(2)26(30)36(28)4)21(27)18-14-31-19-11-7-5-10-16(18)19/h5-12,14,21,29-32H,13H2,1-4H3/p+2/t21-,27+,28-/m1/s1. The molecule has 0 unspecified atom stereocenters. The summed E-state index contributed by atoms with van der Waals surface area (Å²) in [7, 11) is 7.07. The van der Waals surface area contributed by atoms with E-state index in [9.17, 15) is 9.59 Å². The molecule has 1 aliphatic carbocycles. The molecule has 2 aliphatic heterocycles. The molecule has 10 nitrogen and oxygen atoms in total. The first kappa shape index (κ1) is 22.6. The van der Waals surface area contributed by atoms with Crippen molar-refractivity contribution in [2.75, 3.05) is 28.2 Å². The number of H-pyrrole nitrogens is 2. The Morgan fingerprint density at radius 1 is 0.868 bits per heavy atom. The van der Waals surface area contributed by atoms with Crippen LogP contribution in [0.1, 0.15) is 22.7 Å². The molecule has 192 valence electrons. The van der Waals surface area contributed by atoms with Crippen molar-refractivity contribution in [3.63, 3.8) is 0 Å². The summed E-state index contributed by atoms with van der Waals surface area (Å²) in [6.45, 7) is 0. The van der Waals surface area contributed by atoms with Gasteiger partial charge in [0.25, 0.3) is 0 Å². The van der Waals surface area contributed by atoms with Crippen LogP contribution >= 0.6 is 0 Å². The third kappa shape index (κ3) is 2.26. The van der Waals surface area contributed by atoms with Gasteiger partial charge in [0.2, 0.25) is 5.54 Å². The number of carbonyl (C=O) groups is 2.